The minimum atomic E-state index is -0.0143. The van der Waals surface area contributed by atoms with E-state index in [0.717, 1.165) is 90.5 Å². The van der Waals surface area contributed by atoms with Gasteiger partial charge in [0.15, 0.2) is 28.8 Å². The van der Waals surface area contributed by atoms with E-state index >= 15 is 0 Å². The van der Waals surface area contributed by atoms with Crippen LogP contribution in [0.4, 0.5) is 34.1 Å². The molecule has 0 unspecified atom stereocenters. The highest BCUT2D eigenvalue weighted by molar-refractivity contribution is 6.14. The van der Waals surface area contributed by atoms with Gasteiger partial charge in [-0.1, -0.05) is 109 Å². The number of ether oxygens (including phenoxy) is 2. The van der Waals surface area contributed by atoms with E-state index in [4.69, 9.17) is 9.47 Å². The van der Waals surface area contributed by atoms with E-state index in [9.17, 15) is 4.79 Å². The zero-order valence-electron chi connectivity index (χ0n) is 30.9. The van der Waals surface area contributed by atoms with Gasteiger partial charge < -0.3 is 19.3 Å². The zero-order valence-corrected chi connectivity index (χ0v) is 30.9. The Morgan fingerprint density at radius 3 is 1.25 bits per heavy atom. The van der Waals surface area contributed by atoms with Gasteiger partial charge in [-0.2, -0.15) is 0 Å². The Morgan fingerprint density at radius 2 is 0.821 bits per heavy atom. The van der Waals surface area contributed by atoms with Gasteiger partial charge in [-0.15, -0.1) is 0 Å². The van der Waals surface area contributed by atoms with Crippen molar-refractivity contribution in [3.8, 4) is 45.3 Å². The zero-order chi connectivity index (χ0) is 37.8. The monoisotopic (exact) mass is 724 g/mol. The molecule has 0 saturated carbocycles. The maximum atomic E-state index is 14.5. The molecule has 0 N–H and O–H groups in total. The summed E-state index contributed by atoms with van der Waals surface area (Å²) in [5, 5.41) is 0. The van der Waals surface area contributed by atoms with Crippen molar-refractivity contribution in [2.45, 2.75) is 13.8 Å². The third-order valence-electron chi connectivity index (χ3n) is 10.7. The average Bonchev–Trinajstić information content (AvgIpc) is 3.25. The Balaban J connectivity index is 1.05. The van der Waals surface area contributed by atoms with Crippen LogP contribution in [0, 0.1) is 13.8 Å². The van der Waals surface area contributed by atoms with E-state index in [-0.39, 0.29) is 5.78 Å². The van der Waals surface area contributed by atoms with Crippen molar-refractivity contribution < 1.29 is 14.3 Å². The third kappa shape index (κ3) is 5.69. The standard InChI is InChI=1S/C51H36N2O3/c1-33-19-21-37(22-20-33)51(54)42-32-40(35-23-27-38(28-24-35)52-43-11-3-7-15-47(43)55-48-16-8-4-12-44(48)52)34(2)31-41(42)36-25-29-39(30-26-36)53-45-13-5-9-17-49(45)56-50-18-10-6-14-46(50)53/h3-32H,1-2H3. The van der Waals surface area contributed by atoms with Crippen LogP contribution in [0.5, 0.6) is 23.0 Å². The minimum Gasteiger partial charge on any atom is -0.453 e. The molecular formula is C51H36N2O3. The first kappa shape index (κ1) is 33.2. The smallest absolute Gasteiger partial charge is 0.193 e. The lowest BCUT2D eigenvalue weighted by Crippen LogP contribution is -2.15. The first-order valence-electron chi connectivity index (χ1n) is 18.8. The highest BCUT2D eigenvalue weighted by Gasteiger charge is 2.27. The van der Waals surface area contributed by atoms with Crippen molar-refractivity contribution in [1.29, 1.82) is 0 Å². The first-order valence-corrected chi connectivity index (χ1v) is 18.8. The number of carbonyl (C=O) groups excluding carboxylic acids is 1. The van der Waals surface area contributed by atoms with Gasteiger partial charge in [-0.3, -0.25) is 4.79 Å². The largest absolute Gasteiger partial charge is 0.453 e. The van der Waals surface area contributed by atoms with Crippen LogP contribution < -0.4 is 19.3 Å². The summed E-state index contributed by atoms with van der Waals surface area (Å²) in [6.45, 7) is 4.16. The van der Waals surface area contributed by atoms with E-state index in [2.05, 4.69) is 102 Å². The second-order valence-corrected chi connectivity index (χ2v) is 14.2. The van der Waals surface area contributed by atoms with Gasteiger partial charge in [-0.05, 0) is 121 Å². The lowest BCUT2D eigenvalue weighted by Gasteiger charge is -2.32. The van der Waals surface area contributed by atoms with E-state index in [1.807, 2.05) is 104 Å². The second-order valence-electron chi connectivity index (χ2n) is 14.2. The van der Waals surface area contributed by atoms with Gasteiger partial charge in [0.05, 0.1) is 22.7 Å². The van der Waals surface area contributed by atoms with Gasteiger partial charge in [0.2, 0.25) is 0 Å². The van der Waals surface area contributed by atoms with Gasteiger partial charge in [-0.25, -0.2) is 0 Å². The van der Waals surface area contributed by atoms with Crippen LogP contribution in [0.25, 0.3) is 22.3 Å². The normalized spacial score (nSPS) is 12.4. The van der Waals surface area contributed by atoms with Crippen molar-refractivity contribution in [3.05, 3.63) is 204 Å². The quantitative estimate of drug-likeness (QED) is 0.160. The van der Waals surface area contributed by atoms with Crippen LogP contribution in [0.15, 0.2) is 182 Å². The Hall–Kier alpha value is -7.37. The SMILES string of the molecule is Cc1ccc(C(=O)c2cc(-c3ccc(N4c5ccccc5Oc5ccccc54)cc3)c(C)cc2-c2ccc(N3c4ccccc4Oc4ccccc43)cc2)cc1. The molecule has 0 bridgehead atoms. The van der Waals surface area contributed by atoms with Crippen LogP contribution >= 0.6 is 0 Å². The van der Waals surface area contributed by atoms with Crippen molar-refractivity contribution in [3.63, 3.8) is 0 Å². The molecule has 2 aliphatic rings. The number of anilines is 6. The average molecular weight is 725 g/mol. The summed E-state index contributed by atoms with van der Waals surface area (Å²) in [7, 11) is 0. The molecule has 0 amide bonds. The Kier molecular flexibility index (Phi) is 8.00. The number of hydrogen-bond acceptors (Lipinski definition) is 5. The number of benzene rings is 8. The number of para-hydroxylation sites is 8. The van der Waals surface area contributed by atoms with Gasteiger partial charge in [0.1, 0.15) is 0 Å². The molecule has 56 heavy (non-hydrogen) atoms. The Labute approximate surface area is 326 Å². The van der Waals surface area contributed by atoms with Crippen molar-refractivity contribution in [2.75, 3.05) is 9.80 Å². The van der Waals surface area contributed by atoms with Gasteiger partial charge in [0, 0.05) is 22.5 Å². The van der Waals surface area contributed by atoms with Gasteiger partial charge in [0.25, 0.3) is 0 Å². The maximum Gasteiger partial charge on any atom is 0.193 e. The molecule has 0 aromatic heterocycles. The summed E-state index contributed by atoms with van der Waals surface area (Å²) in [6, 6.07) is 61.5. The summed E-state index contributed by atoms with van der Waals surface area (Å²) >= 11 is 0. The van der Waals surface area contributed by atoms with Gasteiger partial charge >= 0.3 is 0 Å². The van der Waals surface area contributed by atoms with E-state index < -0.39 is 0 Å². The fraction of sp³-hybridized carbons (Fsp3) is 0.0392. The summed E-state index contributed by atoms with van der Waals surface area (Å²) < 4.78 is 12.5. The molecule has 8 aromatic carbocycles. The molecule has 0 saturated heterocycles. The molecule has 2 heterocycles. The maximum absolute atomic E-state index is 14.5. The minimum absolute atomic E-state index is 0.0143. The fourth-order valence-corrected chi connectivity index (χ4v) is 7.85. The topological polar surface area (TPSA) is 42.0 Å². The number of fused-ring (bicyclic) bond motifs is 4. The number of nitrogens with zero attached hydrogens (tertiary/aromatic N) is 2. The lowest BCUT2D eigenvalue weighted by molar-refractivity contribution is 0.103. The van der Waals surface area contributed by atoms with Crippen molar-refractivity contribution >= 4 is 39.9 Å². The third-order valence-corrected chi connectivity index (χ3v) is 10.7. The molecule has 5 nitrogen and oxygen atoms in total. The molecule has 0 radical (unpaired) electrons. The molecule has 268 valence electrons. The summed E-state index contributed by atoms with van der Waals surface area (Å²) in [6.07, 6.45) is 0. The van der Waals surface area contributed by atoms with Crippen LogP contribution in [0.3, 0.4) is 0 Å². The van der Waals surface area contributed by atoms with Crippen molar-refractivity contribution in [1.82, 2.24) is 0 Å². The first-order chi connectivity index (χ1) is 27.5. The van der Waals surface area contributed by atoms with Crippen LogP contribution in [-0.4, -0.2) is 5.78 Å². The van der Waals surface area contributed by atoms with E-state index in [0.29, 0.717) is 11.1 Å². The van der Waals surface area contributed by atoms with E-state index in [1.165, 1.54) is 0 Å². The summed E-state index contributed by atoms with van der Waals surface area (Å²) in [5.41, 5.74) is 13.3. The molecule has 10 rings (SSSR count). The Morgan fingerprint density at radius 1 is 0.429 bits per heavy atom. The fourth-order valence-electron chi connectivity index (χ4n) is 7.85. The number of hydrogen-bond donors (Lipinski definition) is 0. The van der Waals surface area contributed by atoms with Crippen LogP contribution in [0.1, 0.15) is 27.0 Å². The highest BCUT2D eigenvalue weighted by atomic mass is 16.5. The summed E-state index contributed by atoms with van der Waals surface area (Å²) in [4.78, 5) is 18.9. The van der Waals surface area contributed by atoms with E-state index in [1.54, 1.807) is 0 Å². The number of rotatable bonds is 6. The highest BCUT2D eigenvalue weighted by Crippen LogP contribution is 2.52. The van der Waals surface area contributed by atoms with Crippen LogP contribution in [-0.2, 0) is 0 Å². The molecule has 0 fully saturated rings. The molecule has 5 heteroatoms. The Bertz CT molecular complexity index is 2700. The lowest BCUT2D eigenvalue weighted by atomic mass is 9.87. The number of aryl methyl sites for hydroxylation is 2. The predicted molar refractivity (Wildman–Crippen MR) is 226 cm³/mol. The van der Waals surface area contributed by atoms with Crippen LogP contribution in [0.2, 0.25) is 0 Å². The molecular weight excluding hydrogens is 689 g/mol. The molecule has 8 aromatic rings. The number of ketones is 1. The molecule has 0 aliphatic carbocycles. The molecule has 2 aliphatic heterocycles. The number of carbonyl (C=O) groups is 1. The summed E-state index contributed by atoms with van der Waals surface area (Å²) in [5.74, 6) is 3.22. The predicted octanol–water partition coefficient (Wildman–Crippen LogP) is 14.0. The van der Waals surface area contributed by atoms with Crippen molar-refractivity contribution in [2.24, 2.45) is 0 Å². The molecule has 0 atom stereocenters. The second kappa shape index (κ2) is 13.5. The molecule has 0 spiro atoms.